The molecule has 0 fully saturated rings. The number of halogens is 1. The number of nitriles is 1. The first-order valence-electron chi connectivity index (χ1n) is 6.53. The molecule has 0 aliphatic heterocycles. The Hall–Kier alpha value is -2.48. The molecule has 5 heteroatoms. The number of nitrogens with zero attached hydrogens (tertiary/aromatic N) is 3. The summed E-state index contributed by atoms with van der Waals surface area (Å²) in [5, 5.41) is 12.0. The zero-order chi connectivity index (χ0) is 13.9. The molecular weight excluding hydrogens is 255 g/mol. The summed E-state index contributed by atoms with van der Waals surface area (Å²) in [6.07, 6.45) is 5.85. The van der Waals surface area contributed by atoms with Crippen molar-refractivity contribution in [2.45, 2.75) is 25.3 Å². The maximum Gasteiger partial charge on any atom is 0.223 e. The van der Waals surface area contributed by atoms with Gasteiger partial charge < -0.3 is 5.32 Å². The molecule has 0 amide bonds. The lowest BCUT2D eigenvalue weighted by molar-refractivity contribution is 0.580. The molecule has 1 unspecified atom stereocenters. The van der Waals surface area contributed by atoms with E-state index in [0.717, 1.165) is 30.4 Å². The summed E-state index contributed by atoms with van der Waals surface area (Å²) < 4.78 is 13.3. The van der Waals surface area contributed by atoms with Crippen molar-refractivity contribution >= 4 is 5.95 Å². The van der Waals surface area contributed by atoms with E-state index in [1.165, 1.54) is 18.5 Å². The van der Waals surface area contributed by atoms with Crippen LogP contribution in [-0.4, -0.2) is 9.97 Å². The molecule has 1 atom stereocenters. The molecular formula is C15H13FN4. The number of hydrogen-bond acceptors (Lipinski definition) is 4. The Morgan fingerprint density at radius 3 is 2.85 bits per heavy atom. The van der Waals surface area contributed by atoms with Crippen molar-refractivity contribution in [2.75, 3.05) is 5.32 Å². The number of aromatic nitrogens is 2. The number of benzene rings is 1. The minimum Gasteiger partial charge on any atom is -0.347 e. The maximum atomic E-state index is 13.3. The highest BCUT2D eigenvalue weighted by atomic mass is 19.1. The Kier molecular flexibility index (Phi) is 3.30. The molecule has 3 rings (SSSR count). The Bertz CT molecular complexity index is 661. The van der Waals surface area contributed by atoms with Crippen molar-refractivity contribution in [2.24, 2.45) is 0 Å². The molecule has 0 saturated heterocycles. The average Bonchev–Trinajstić information content (AvgIpc) is 2.48. The Labute approximate surface area is 116 Å². The molecule has 1 heterocycles. The minimum absolute atomic E-state index is 0.0901. The van der Waals surface area contributed by atoms with Gasteiger partial charge in [-0.1, -0.05) is 6.07 Å². The minimum atomic E-state index is -0.195. The Morgan fingerprint density at radius 2 is 2.10 bits per heavy atom. The van der Waals surface area contributed by atoms with Crippen LogP contribution < -0.4 is 5.32 Å². The van der Waals surface area contributed by atoms with Crippen molar-refractivity contribution in [1.29, 1.82) is 5.26 Å². The predicted molar refractivity (Wildman–Crippen MR) is 72.4 cm³/mol. The van der Waals surface area contributed by atoms with Crippen LogP contribution in [0.4, 0.5) is 10.3 Å². The second-order valence-corrected chi connectivity index (χ2v) is 4.84. The van der Waals surface area contributed by atoms with E-state index in [2.05, 4.69) is 15.3 Å². The van der Waals surface area contributed by atoms with E-state index in [1.807, 2.05) is 12.1 Å². The lowest BCUT2D eigenvalue weighted by Gasteiger charge is -2.26. The van der Waals surface area contributed by atoms with E-state index in [-0.39, 0.29) is 11.9 Å². The van der Waals surface area contributed by atoms with Gasteiger partial charge in [-0.3, -0.25) is 0 Å². The zero-order valence-electron chi connectivity index (χ0n) is 10.8. The standard InChI is InChI=1S/C15H13FN4/c16-12-4-5-13-11(6-12)2-1-3-14(13)20-15-18-8-10(7-17)9-19-15/h4-6,8-9,14H,1-3H2,(H,18,19,20). The van der Waals surface area contributed by atoms with Gasteiger partial charge in [-0.25, -0.2) is 14.4 Å². The van der Waals surface area contributed by atoms with Crippen LogP contribution in [0.3, 0.4) is 0 Å². The molecule has 0 spiro atoms. The van der Waals surface area contributed by atoms with Crippen molar-refractivity contribution < 1.29 is 4.39 Å². The van der Waals surface area contributed by atoms with Crippen molar-refractivity contribution in [3.63, 3.8) is 0 Å². The molecule has 2 aromatic rings. The second kappa shape index (κ2) is 5.25. The SMILES string of the molecule is N#Cc1cnc(NC2CCCc3cc(F)ccc32)nc1. The molecule has 1 N–H and O–H groups in total. The van der Waals surface area contributed by atoms with Gasteiger partial charge in [0.15, 0.2) is 0 Å². The lowest BCUT2D eigenvalue weighted by atomic mass is 9.88. The number of fused-ring (bicyclic) bond motifs is 1. The molecule has 0 bridgehead atoms. The van der Waals surface area contributed by atoms with Crippen LogP contribution in [0, 0.1) is 17.1 Å². The number of nitrogens with one attached hydrogen (secondary N) is 1. The molecule has 0 radical (unpaired) electrons. The number of aryl methyl sites for hydroxylation is 1. The molecule has 1 aliphatic rings. The smallest absolute Gasteiger partial charge is 0.223 e. The van der Waals surface area contributed by atoms with Crippen LogP contribution in [0.15, 0.2) is 30.6 Å². The normalized spacial score (nSPS) is 17.1. The van der Waals surface area contributed by atoms with Gasteiger partial charge in [-0.15, -0.1) is 0 Å². The lowest BCUT2D eigenvalue weighted by Crippen LogP contribution is -2.18. The first-order valence-corrected chi connectivity index (χ1v) is 6.53. The fourth-order valence-corrected chi connectivity index (χ4v) is 2.55. The van der Waals surface area contributed by atoms with Gasteiger partial charge in [0, 0.05) is 0 Å². The summed E-state index contributed by atoms with van der Waals surface area (Å²) in [5.41, 5.74) is 2.58. The van der Waals surface area contributed by atoms with Gasteiger partial charge in [-0.05, 0) is 42.5 Å². The van der Waals surface area contributed by atoms with Gasteiger partial charge >= 0.3 is 0 Å². The van der Waals surface area contributed by atoms with E-state index in [4.69, 9.17) is 5.26 Å². The van der Waals surface area contributed by atoms with Crippen LogP contribution in [0.25, 0.3) is 0 Å². The molecule has 4 nitrogen and oxygen atoms in total. The first-order chi connectivity index (χ1) is 9.76. The van der Waals surface area contributed by atoms with Gasteiger partial charge in [-0.2, -0.15) is 5.26 Å². The van der Waals surface area contributed by atoms with Crippen LogP contribution in [0.1, 0.15) is 35.6 Å². The highest BCUT2D eigenvalue weighted by Crippen LogP contribution is 2.32. The number of hydrogen-bond donors (Lipinski definition) is 1. The Morgan fingerprint density at radius 1 is 1.30 bits per heavy atom. The van der Waals surface area contributed by atoms with E-state index in [0.29, 0.717) is 11.5 Å². The number of rotatable bonds is 2. The second-order valence-electron chi connectivity index (χ2n) is 4.84. The largest absolute Gasteiger partial charge is 0.347 e. The molecule has 20 heavy (non-hydrogen) atoms. The van der Waals surface area contributed by atoms with E-state index < -0.39 is 0 Å². The van der Waals surface area contributed by atoms with Gasteiger partial charge in [0.1, 0.15) is 11.9 Å². The molecule has 1 aliphatic carbocycles. The molecule has 1 aromatic carbocycles. The summed E-state index contributed by atoms with van der Waals surface area (Å²) in [6, 6.07) is 6.98. The average molecular weight is 268 g/mol. The zero-order valence-corrected chi connectivity index (χ0v) is 10.8. The third-order valence-electron chi connectivity index (χ3n) is 3.50. The first kappa shape index (κ1) is 12.5. The van der Waals surface area contributed by atoms with E-state index in [9.17, 15) is 4.39 Å². The summed E-state index contributed by atoms with van der Waals surface area (Å²) >= 11 is 0. The third-order valence-corrected chi connectivity index (χ3v) is 3.50. The predicted octanol–water partition coefficient (Wildman–Crippen LogP) is 2.98. The van der Waals surface area contributed by atoms with Gasteiger partial charge in [0.25, 0.3) is 0 Å². The highest BCUT2D eigenvalue weighted by Gasteiger charge is 2.21. The van der Waals surface area contributed by atoms with Gasteiger partial charge in [0.05, 0.1) is 24.0 Å². The van der Waals surface area contributed by atoms with E-state index in [1.54, 1.807) is 6.07 Å². The van der Waals surface area contributed by atoms with Crippen molar-refractivity contribution in [3.05, 3.63) is 53.1 Å². The van der Waals surface area contributed by atoms with Crippen LogP contribution in [0.2, 0.25) is 0 Å². The topological polar surface area (TPSA) is 61.6 Å². The van der Waals surface area contributed by atoms with Crippen molar-refractivity contribution in [3.8, 4) is 6.07 Å². The monoisotopic (exact) mass is 268 g/mol. The molecule has 100 valence electrons. The number of anilines is 1. The van der Waals surface area contributed by atoms with Crippen molar-refractivity contribution in [1.82, 2.24) is 9.97 Å². The van der Waals surface area contributed by atoms with Gasteiger partial charge in [0.2, 0.25) is 5.95 Å². The maximum absolute atomic E-state index is 13.3. The van der Waals surface area contributed by atoms with Crippen LogP contribution in [0.5, 0.6) is 0 Å². The summed E-state index contributed by atoms with van der Waals surface area (Å²) in [5.74, 6) is 0.296. The van der Waals surface area contributed by atoms with E-state index >= 15 is 0 Å². The summed E-state index contributed by atoms with van der Waals surface area (Å²) in [6.45, 7) is 0. The van der Waals surface area contributed by atoms with Crippen LogP contribution >= 0.6 is 0 Å². The highest BCUT2D eigenvalue weighted by molar-refractivity contribution is 5.39. The fraction of sp³-hybridized carbons (Fsp3) is 0.267. The summed E-state index contributed by atoms with van der Waals surface area (Å²) in [4.78, 5) is 8.23. The quantitative estimate of drug-likeness (QED) is 0.909. The Balaban J connectivity index is 1.84. The fourth-order valence-electron chi connectivity index (χ4n) is 2.55. The van der Waals surface area contributed by atoms with Crippen LogP contribution in [-0.2, 0) is 6.42 Å². The summed E-state index contributed by atoms with van der Waals surface area (Å²) in [7, 11) is 0. The third kappa shape index (κ3) is 2.45. The molecule has 1 aromatic heterocycles. The molecule has 0 saturated carbocycles.